The molecule has 1 amide bonds. The molecular formula is C15H23NO4. The zero-order valence-corrected chi connectivity index (χ0v) is 12.6. The van der Waals surface area contributed by atoms with Crippen LogP contribution >= 0.6 is 0 Å². The number of benzene rings is 1. The van der Waals surface area contributed by atoms with Crippen molar-refractivity contribution >= 4 is 12.1 Å². The lowest BCUT2D eigenvalue weighted by molar-refractivity contribution is -0.145. The van der Waals surface area contributed by atoms with E-state index in [0.717, 1.165) is 5.56 Å². The van der Waals surface area contributed by atoms with E-state index in [2.05, 4.69) is 0 Å². The van der Waals surface area contributed by atoms with E-state index in [0.29, 0.717) is 0 Å². The van der Waals surface area contributed by atoms with E-state index in [-0.39, 0.29) is 19.8 Å². The Kier molecular flexibility index (Phi) is 9.74. The number of rotatable bonds is 5. The first-order chi connectivity index (χ1) is 9.63. The highest BCUT2D eigenvalue weighted by molar-refractivity contribution is 5.77. The molecule has 0 N–H and O–H groups in total. The van der Waals surface area contributed by atoms with Gasteiger partial charge in [-0.3, -0.25) is 4.79 Å². The average molecular weight is 281 g/mol. The summed E-state index contributed by atoms with van der Waals surface area (Å²) in [5.41, 5.74) is 0.907. The van der Waals surface area contributed by atoms with Gasteiger partial charge >= 0.3 is 12.1 Å². The molecule has 5 heteroatoms. The van der Waals surface area contributed by atoms with Crippen molar-refractivity contribution in [1.29, 1.82) is 0 Å². The molecule has 0 aliphatic carbocycles. The minimum Gasteiger partial charge on any atom is -0.459 e. The standard InChI is InChI=1S/C13H17NO4.C2H6/c1-3-17-13(16)14(2)9-12(15)18-10-11-7-5-4-6-8-11;1-2/h4-8H,3,9-10H2,1-2H3;1-2H3. The molecule has 0 spiro atoms. The quantitative estimate of drug-likeness (QED) is 0.779. The highest BCUT2D eigenvalue weighted by Crippen LogP contribution is 2.01. The SMILES string of the molecule is CC.CCOC(=O)N(C)CC(=O)OCc1ccccc1. The third-order valence-electron chi connectivity index (χ3n) is 2.19. The van der Waals surface area contributed by atoms with Crippen LogP contribution in [0.2, 0.25) is 0 Å². The van der Waals surface area contributed by atoms with Crippen LogP contribution in [0.5, 0.6) is 0 Å². The van der Waals surface area contributed by atoms with Crippen molar-refractivity contribution in [3.63, 3.8) is 0 Å². The number of nitrogens with zero attached hydrogens (tertiary/aromatic N) is 1. The molecule has 5 nitrogen and oxygen atoms in total. The highest BCUT2D eigenvalue weighted by atomic mass is 16.6. The second-order valence-corrected chi connectivity index (χ2v) is 3.70. The van der Waals surface area contributed by atoms with Crippen molar-refractivity contribution < 1.29 is 19.1 Å². The zero-order chi connectivity index (χ0) is 15.4. The van der Waals surface area contributed by atoms with Crippen molar-refractivity contribution in [3.8, 4) is 0 Å². The van der Waals surface area contributed by atoms with E-state index < -0.39 is 12.1 Å². The van der Waals surface area contributed by atoms with Gasteiger partial charge in [-0.2, -0.15) is 0 Å². The van der Waals surface area contributed by atoms with E-state index in [4.69, 9.17) is 9.47 Å². The van der Waals surface area contributed by atoms with Crippen molar-refractivity contribution in [2.75, 3.05) is 20.2 Å². The summed E-state index contributed by atoms with van der Waals surface area (Å²) in [5.74, 6) is -0.464. The normalized spacial score (nSPS) is 9.00. The topological polar surface area (TPSA) is 55.8 Å². The Balaban J connectivity index is 0.00000172. The first kappa shape index (κ1) is 18.0. The van der Waals surface area contributed by atoms with Crippen LogP contribution in [0.4, 0.5) is 4.79 Å². The molecule has 0 atom stereocenters. The summed E-state index contributed by atoms with van der Waals surface area (Å²) in [5, 5.41) is 0. The fourth-order valence-corrected chi connectivity index (χ4v) is 1.28. The van der Waals surface area contributed by atoms with Gasteiger partial charge in [0.1, 0.15) is 13.2 Å². The van der Waals surface area contributed by atoms with Gasteiger partial charge in [0, 0.05) is 7.05 Å². The second kappa shape index (κ2) is 10.8. The molecule has 0 aromatic heterocycles. The fraction of sp³-hybridized carbons (Fsp3) is 0.467. The summed E-state index contributed by atoms with van der Waals surface area (Å²) >= 11 is 0. The number of hydrogen-bond acceptors (Lipinski definition) is 4. The zero-order valence-electron chi connectivity index (χ0n) is 12.6. The van der Waals surface area contributed by atoms with Gasteiger partial charge in [0.25, 0.3) is 0 Å². The van der Waals surface area contributed by atoms with Gasteiger partial charge in [0.2, 0.25) is 0 Å². The lowest BCUT2D eigenvalue weighted by Gasteiger charge is -2.15. The monoisotopic (exact) mass is 281 g/mol. The number of carbonyl (C=O) groups is 2. The summed E-state index contributed by atoms with van der Waals surface area (Å²) in [7, 11) is 1.49. The Morgan fingerprint density at radius 1 is 1.10 bits per heavy atom. The van der Waals surface area contributed by atoms with Gasteiger partial charge in [0.05, 0.1) is 6.61 Å². The maximum absolute atomic E-state index is 11.5. The highest BCUT2D eigenvalue weighted by Gasteiger charge is 2.14. The maximum atomic E-state index is 11.5. The van der Waals surface area contributed by atoms with Crippen molar-refractivity contribution in [2.45, 2.75) is 27.4 Å². The minimum absolute atomic E-state index is 0.119. The van der Waals surface area contributed by atoms with E-state index in [1.807, 2.05) is 44.2 Å². The number of esters is 1. The van der Waals surface area contributed by atoms with Crippen LogP contribution in [-0.2, 0) is 20.9 Å². The summed E-state index contributed by atoms with van der Waals surface area (Å²) in [6.07, 6.45) is -0.533. The molecule has 1 aromatic carbocycles. The van der Waals surface area contributed by atoms with Crippen LogP contribution in [-0.4, -0.2) is 37.2 Å². The van der Waals surface area contributed by atoms with Crippen LogP contribution in [0.25, 0.3) is 0 Å². The van der Waals surface area contributed by atoms with Crippen molar-refractivity contribution in [1.82, 2.24) is 4.90 Å². The van der Waals surface area contributed by atoms with Crippen LogP contribution in [0, 0.1) is 0 Å². The van der Waals surface area contributed by atoms with E-state index in [1.165, 1.54) is 11.9 Å². The third kappa shape index (κ3) is 7.41. The molecule has 20 heavy (non-hydrogen) atoms. The maximum Gasteiger partial charge on any atom is 0.410 e. The summed E-state index contributed by atoms with van der Waals surface area (Å²) < 4.78 is 9.79. The Hall–Kier alpha value is -2.04. The Morgan fingerprint density at radius 2 is 1.70 bits per heavy atom. The van der Waals surface area contributed by atoms with Crippen molar-refractivity contribution in [3.05, 3.63) is 35.9 Å². The molecule has 0 heterocycles. The predicted molar refractivity (Wildman–Crippen MR) is 77.2 cm³/mol. The van der Waals surface area contributed by atoms with Gasteiger partial charge in [0.15, 0.2) is 0 Å². The molecule has 1 aromatic rings. The number of hydrogen-bond donors (Lipinski definition) is 0. The van der Waals surface area contributed by atoms with E-state index in [9.17, 15) is 9.59 Å². The summed E-state index contributed by atoms with van der Waals surface area (Å²) in [6, 6.07) is 9.35. The van der Waals surface area contributed by atoms with Crippen molar-refractivity contribution in [2.24, 2.45) is 0 Å². The first-order valence-corrected chi connectivity index (χ1v) is 6.71. The van der Waals surface area contributed by atoms with Gasteiger partial charge in [-0.1, -0.05) is 44.2 Å². The minimum atomic E-state index is -0.533. The molecule has 112 valence electrons. The predicted octanol–water partition coefficient (Wildman–Crippen LogP) is 2.84. The number of carbonyl (C=O) groups excluding carboxylic acids is 2. The van der Waals surface area contributed by atoms with Crippen LogP contribution < -0.4 is 0 Å². The van der Waals surface area contributed by atoms with Gasteiger partial charge in [-0.25, -0.2) is 4.79 Å². The average Bonchev–Trinajstić information content (AvgIpc) is 2.48. The van der Waals surface area contributed by atoms with E-state index in [1.54, 1.807) is 6.92 Å². The molecule has 0 fully saturated rings. The Bertz CT molecular complexity index is 392. The van der Waals surface area contributed by atoms with E-state index >= 15 is 0 Å². The second-order valence-electron chi connectivity index (χ2n) is 3.70. The summed E-state index contributed by atoms with van der Waals surface area (Å²) in [6.45, 7) is 6.07. The number of amides is 1. The largest absolute Gasteiger partial charge is 0.459 e. The summed E-state index contributed by atoms with van der Waals surface area (Å²) in [4.78, 5) is 23.9. The number of likely N-dealkylation sites (N-methyl/N-ethyl adjacent to an activating group) is 1. The number of ether oxygens (including phenoxy) is 2. The van der Waals surface area contributed by atoms with Crippen LogP contribution in [0.3, 0.4) is 0 Å². The van der Waals surface area contributed by atoms with Crippen LogP contribution in [0.1, 0.15) is 26.3 Å². The van der Waals surface area contributed by atoms with Crippen LogP contribution in [0.15, 0.2) is 30.3 Å². The third-order valence-corrected chi connectivity index (χ3v) is 2.19. The molecule has 0 radical (unpaired) electrons. The lowest BCUT2D eigenvalue weighted by Crippen LogP contribution is -2.33. The molecule has 0 bridgehead atoms. The molecular weight excluding hydrogens is 258 g/mol. The molecule has 0 saturated carbocycles. The Morgan fingerprint density at radius 3 is 2.25 bits per heavy atom. The Labute approximate surface area is 120 Å². The molecule has 1 rings (SSSR count). The smallest absolute Gasteiger partial charge is 0.410 e. The molecule has 0 unspecified atom stereocenters. The molecule has 0 aliphatic heterocycles. The lowest BCUT2D eigenvalue weighted by atomic mass is 10.2. The molecule has 0 saturated heterocycles. The van der Waals surface area contributed by atoms with Gasteiger partial charge in [-0.05, 0) is 12.5 Å². The van der Waals surface area contributed by atoms with Gasteiger partial charge in [-0.15, -0.1) is 0 Å². The van der Waals surface area contributed by atoms with Gasteiger partial charge < -0.3 is 14.4 Å². The first-order valence-electron chi connectivity index (χ1n) is 6.71. The molecule has 0 aliphatic rings. The fourth-order valence-electron chi connectivity index (χ4n) is 1.28.